The highest BCUT2D eigenvalue weighted by Crippen LogP contribution is 2.20. The predicted molar refractivity (Wildman–Crippen MR) is 57.3 cm³/mol. The molecule has 1 fully saturated rings. The fourth-order valence-corrected chi connectivity index (χ4v) is 2.09. The van der Waals surface area contributed by atoms with Crippen LogP contribution in [-0.2, 0) is 11.2 Å². The summed E-state index contributed by atoms with van der Waals surface area (Å²) in [4.78, 5) is 0. The molecule has 0 aliphatic carbocycles. The fraction of sp³-hybridized carbons (Fsp3) is 0.455. The van der Waals surface area contributed by atoms with E-state index < -0.39 is 0 Å². The number of pyridine rings is 1. The van der Waals surface area contributed by atoms with Gasteiger partial charge in [-0.2, -0.15) is 0 Å². The van der Waals surface area contributed by atoms with Gasteiger partial charge in [-0.25, -0.2) is 0 Å². The molecule has 1 aliphatic rings. The van der Waals surface area contributed by atoms with E-state index in [0.717, 1.165) is 31.9 Å². The average molecular weight is 219 g/mol. The van der Waals surface area contributed by atoms with Gasteiger partial charge in [0.05, 0.1) is 0 Å². The zero-order chi connectivity index (χ0) is 11.0. The van der Waals surface area contributed by atoms with E-state index >= 15 is 0 Å². The molecule has 2 aromatic heterocycles. The first-order valence-electron chi connectivity index (χ1n) is 5.44. The molecule has 3 heterocycles. The van der Waals surface area contributed by atoms with Crippen LogP contribution in [0.4, 0.5) is 0 Å². The number of fused-ring (bicyclic) bond motifs is 1. The first kappa shape index (κ1) is 9.59. The monoisotopic (exact) mass is 219 g/mol. The molecule has 0 radical (unpaired) electrons. The minimum Gasteiger partial charge on any atom is -0.504 e. The van der Waals surface area contributed by atoms with E-state index in [2.05, 4.69) is 10.2 Å². The van der Waals surface area contributed by atoms with E-state index in [1.807, 2.05) is 10.6 Å². The summed E-state index contributed by atoms with van der Waals surface area (Å²) < 4.78 is 7.18. The molecule has 1 N–H and O–H groups in total. The zero-order valence-corrected chi connectivity index (χ0v) is 8.83. The molecule has 84 valence electrons. The van der Waals surface area contributed by atoms with Gasteiger partial charge < -0.3 is 9.84 Å². The second-order valence-electron chi connectivity index (χ2n) is 4.14. The first-order chi connectivity index (χ1) is 7.84. The quantitative estimate of drug-likeness (QED) is 0.819. The molecule has 16 heavy (non-hydrogen) atoms. The van der Waals surface area contributed by atoms with Crippen molar-refractivity contribution in [1.29, 1.82) is 0 Å². The van der Waals surface area contributed by atoms with Gasteiger partial charge in [0.2, 0.25) is 5.65 Å². The number of rotatable bonds is 2. The second kappa shape index (κ2) is 3.75. The molecule has 1 saturated heterocycles. The van der Waals surface area contributed by atoms with Crippen LogP contribution in [0.1, 0.15) is 12.2 Å². The third-order valence-corrected chi connectivity index (χ3v) is 2.98. The number of ether oxygens (including phenoxy) is 1. The van der Waals surface area contributed by atoms with E-state index in [1.165, 1.54) is 0 Å². The molecule has 1 aliphatic heterocycles. The van der Waals surface area contributed by atoms with Crippen LogP contribution in [0.2, 0.25) is 0 Å². The molecule has 5 heteroatoms. The van der Waals surface area contributed by atoms with Gasteiger partial charge in [-0.3, -0.25) is 4.40 Å². The smallest absolute Gasteiger partial charge is 0.203 e. The number of hydrogen-bond acceptors (Lipinski definition) is 4. The molecular formula is C11H13N3O2. The molecular weight excluding hydrogens is 206 g/mol. The Morgan fingerprint density at radius 1 is 1.50 bits per heavy atom. The zero-order valence-electron chi connectivity index (χ0n) is 8.83. The highest BCUT2D eigenvalue weighted by molar-refractivity contribution is 5.51. The fourth-order valence-electron chi connectivity index (χ4n) is 2.09. The Morgan fingerprint density at radius 3 is 3.25 bits per heavy atom. The van der Waals surface area contributed by atoms with Gasteiger partial charge in [0.25, 0.3) is 0 Å². The first-order valence-corrected chi connectivity index (χ1v) is 5.44. The van der Waals surface area contributed by atoms with Crippen LogP contribution >= 0.6 is 0 Å². The topological polar surface area (TPSA) is 59.7 Å². The maximum atomic E-state index is 9.60. The van der Waals surface area contributed by atoms with Crippen LogP contribution in [0.25, 0.3) is 5.65 Å². The number of nitrogens with zero attached hydrogens (tertiary/aromatic N) is 3. The van der Waals surface area contributed by atoms with Crippen molar-refractivity contribution in [3.8, 4) is 5.75 Å². The molecule has 3 rings (SSSR count). The summed E-state index contributed by atoms with van der Waals surface area (Å²) in [7, 11) is 0. The van der Waals surface area contributed by atoms with Crippen molar-refractivity contribution < 1.29 is 9.84 Å². The average Bonchev–Trinajstić information content (AvgIpc) is 2.90. The lowest BCUT2D eigenvalue weighted by molar-refractivity contribution is 0.185. The highest BCUT2D eigenvalue weighted by Gasteiger charge is 2.19. The van der Waals surface area contributed by atoms with Crippen LogP contribution in [0.5, 0.6) is 5.75 Å². The van der Waals surface area contributed by atoms with E-state index in [0.29, 0.717) is 11.6 Å². The van der Waals surface area contributed by atoms with Crippen molar-refractivity contribution >= 4 is 5.65 Å². The van der Waals surface area contributed by atoms with Gasteiger partial charge in [0.15, 0.2) is 5.75 Å². The van der Waals surface area contributed by atoms with E-state index in [-0.39, 0.29) is 5.75 Å². The molecule has 0 spiro atoms. The van der Waals surface area contributed by atoms with Crippen molar-refractivity contribution in [2.75, 3.05) is 13.2 Å². The predicted octanol–water partition coefficient (Wildman–Crippen LogP) is 1.01. The summed E-state index contributed by atoms with van der Waals surface area (Å²) in [6.45, 7) is 1.64. The highest BCUT2D eigenvalue weighted by atomic mass is 16.5. The van der Waals surface area contributed by atoms with Crippen LogP contribution in [0, 0.1) is 5.92 Å². The van der Waals surface area contributed by atoms with Gasteiger partial charge in [-0.15, -0.1) is 10.2 Å². The molecule has 0 amide bonds. The van der Waals surface area contributed by atoms with Crippen molar-refractivity contribution in [3.05, 3.63) is 24.2 Å². The summed E-state index contributed by atoms with van der Waals surface area (Å²) in [6.07, 6.45) is 3.80. The molecule has 0 saturated carbocycles. The maximum Gasteiger partial charge on any atom is 0.203 e. The Balaban J connectivity index is 1.94. The lowest BCUT2D eigenvalue weighted by atomic mass is 10.1. The third-order valence-electron chi connectivity index (χ3n) is 2.98. The largest absolute Gasteiger partial charge is 0.504 e. The Labute approximate surface area is 92.7 Å². The van der Waals surface area contributed by atoms with Crippen molar-refractivity contribution in [3.63, 3.8) is 0 Å². The van der Waals surface area contributed by atoms with Gasteiger partial charge in [0, 0.05) is 25.8 Å². The standard InChI is InChI=1S/C11H13N3O2/c15-9-2-1-4-14-10(12-13-11(9)14)6-8-3-5-16-7-8/h1-2,4,8,15H,3,5-7H2. The lowest BCUT2D eigenvalue weighted by Gasteiger charge is -2.05. The molecule has 2 aromatic rings. The minimum absolute atomic E-state index is 0.170. The number of aromatic hydroxyl groups is 1. The summed E-state index contributed by atoms with van der Waals surface area (Å²) >= 11 is 0. The van der Waals surface area contributed by atoms with Gasteiger partial charge in [0.1, 0.15) is 5.82 Å². The number of hydrogen-bond donors (Lipinski definition) is 1. The summed E-state index contributed by atoms with van der Waals surface area (Å²) in [5.41, 5.74) is 0.524. The van der Waals surface area contributed by atoms with Crippen LogP contribution in [0.15, 0.2) is 18.3 Å². The third kappa shape index (κ3) is 1.53. The summed E-state index contributed by atoms with van der Waals surface area (Å²) in [5.74, 6) is 1.58. The Hall–Kier alpha value is -1.62. The SMILES string of the molecule is Oc1cccn2c(CC3CCOC3)nnc12. The Morgan fingerprint density at radius 2 is 2.44 bits per heavy atom. The lowest BCUT2D eigenvalue weighted by Crippen LogP contribution is -2.06. The molecule has 1 atom stereocenters. The van der Waals surface area contributed by atoms with Gasteiger partial charge in [-0.1, -0.05) is 0 Å². The van der Waals surface area contributed by atoms with Gasteiger partial charge >= 0.3 is 0 Å². The van der Waals surface area contributed by atoms with Crippen molar-refractivity contribution in [2.24, 2.45) is 5.92 Å². The van der Waals surface area contributed by atoms with E-state index in [1.54, 1.807) is 12.1 Å². The summed E-state index contributed by atoms with van der Waals surface area (Å²) in [6, 6.07) is 3.41. The minimum atomic E-state index is 0.170. The Bertz CT molecular complexity index is 503. The van der Waals surface area contributed by atoms with E-state index in [9.17, 15) is 5.11 Å². The second-order valence-corrected chi connectivity index (χ2v) is 4.14. The van der Waals surface area contributed by atoms with Gasteiger partial charge in [-0.05, 0) is 24.5 Å². The van der Waals surface area contributed by atoms with Crippen LogP contribution in [-0.4, -0.2) is 32.9 Å². The molecule has 0 aromatic carbocycles. The van der Waals surface area contributed by atoms with E-state index in [4.69, 9.17) is 4.74 Å². The van der Waals surface area contributed by atoms with Crippen molar-refractivity contribution in [2.45, 2.75) is 12.8 Å². The molecule has 0 bridgehead atoms. The molecule has 5 nitrogen and oxygen atoms in total. The number of aromatic nitrogens is 3. The van der Waals surface area contributed by atoms with Crippen LogP contribution < -0.4 is 0 Å². The Kier molecular flexibility index (Phi) is 2.25. The summed E-state index contributed by atoms with van der Waals surface area (Å²) in [5, 5.41) is 17.7. The van der Waals surface area contributed by atoms with Crippen molar-refractivity contribution in [1.82, 2.24) is 14.6 Å². The molecule has 1 unspecified atom stereocenters. The maximum absolute atomic E-state index is 9.60. The normalized spacial score (nSPS) is 20.6. The van der Waals surface area contributed by atoms with Crippen LogP contribution in [0.3, 0.4) is 0 Å².